The van der Waals surface area contributed by atoms with Crippen LogP contribution in [0.3, 0.4) is 0 Å². The second-order valence-electron chi connectivity index (χ2n) is 3.70. The molecular weight excluding hydrogens is 242 g/mol. The molecule has 3 heteroatoms. The summed E-state index contributed by atoms with van der Waals surface area (Å²) in [4.78, 5) is 0. The minimum atomic E-state index is 0.348. The van der Waals surface area contributed by atoms with Crippen molar-refractivity contribution in [2.45, 2.75) is 18.8 Å². The van der Waals surface area contributed by atoms with Gasteiger partial charge in [-0.25, -0.2) is 0 Å². The molecule has 2 rings (SSSR count). The van der Waals surface area contributed by atoms with Gasteiger partial charge in [-0.2, -0.15) is 0 Å². The molecule has 0 aromatic heterocycles. The Balaban J connectivity index is 2.26. The van der Waals surface area contributed by atoms with Crippen molar-refractivity contribution >= 4 is 15.9 Å². The van der Waals surface area contributed by atoms with Crippen LogP contribution in [-0.4, -0.2) is 18.2 Å². The first-order valence-corrected chi connectivity index (χ1v) is 5.76. The maximum atomic E-state index is 9.57. The monoisotopic (exact) mass is 255 g/mol. The third-order valence-electron chi connectivity index (χ3n) is 2.79. The Morgan fingerprint density at radius 2 is 2.00 bits per heavy atom. The first-order valence-electron chi connectivity index (χ1n) is 4.97. The molecule has 1 heterocycles. The van der Waals surface area contributed by atoms with Gasteiger partial charge in [-0.1, -0.05) is 12.1 Å². The van der Waals surface area contributed by atoms with Gasteiger partial charge in [0.2, 0.25) is 0 Å². The zero-order valence-corrected chi connectivity index (χ0v) is 9.55. The number of hydrogen-bond donors (Lipinski definition) is 2. The van der Waals surface area contributed by atoms with E-state index in [4.69, 9.17) is 0 Å². The van der Waals surface area contributed by atoms with Crippen LogP contribution in [-0.2, 0) is 0 Å². The number of piperidine rings is 1. The van der Waals surface area contributed by atoms with Crippen molar-refractivity contribution in [1.82, 2.24) is 5.32 Å². The van der Waals surface area contributed by atoms with E-state index in [2.05, 4.69) is 27.3 Å². The van der Waals surface area contributed by atoms with E-state index in [-0.39, 0.29) is 0 Å². The average molecular weight is 256 g/mol. The smallest absolute Gasteiger partial charge is 0.130 e. The highest BCUT2D eigenvalue weighted by Crippen LogP contribution is 2.35. The molecule has 1 fully saturated rings. The Kier molecular flexibility index (Phi) is 3.08. The van der Waals surface area contributed by atoms with Crippen molar-refractivity contribution in [3.8, 4) is 5.75 Å². The van der Waals surface area contributed by atoms with Gasteiger partial charge in [-0.3, -0.25) is 0 Å². The summed E-state index contributed by atoms with van der Waals surface area (Å²) < 4.78 is 0.868. The van der Waals surface area contributed by atoms with Gasteiger partial charge in [-0.05, 0) is 59.4 Å². The van der Waals surface area contributed by atoms with E-state index in [1.807, 2.05) is 6.07 Å². The fourth-order valence-electron chi connectivity index (χ4n) is 1.99. The molecule has 0 bridgehead atoms. The van der Waals surface area contributed by atoms with E-state index in [1.165, 1.54) is 5.56 Å². The average Bonchev–Trinajstić information content (AvgIpc) is 2.23. The molecule has 0 unspecified atom stereocenters. The lowest BCUT2D eigenvalue weighted by Gasteiger charge is -2.24. The number of nitrogens with one attached hydrogen (secondary N) is 1. The lowest BCUT2D eigenvalue weighted by atomic mass is 9.90. The Bertz CT molecular complexity index is 321. The summed E-state index contributed by atoms with van der Waals surface area (Å²) in [5.41, 5.74) is 1.24. The lowest BCUT2D eigenvalue weighted by Crippen LogP contribution is -2.26. The van der Waals surface area contributed by atoms with Crippen LogP contribution in [0.2, 0.25) is 0 Å². The van der Waals surface area contributed by atoms with Crippen LogP contribution in [0.15, 0.2) is 22.7 Å². The number of benzene rings is 1. The molecule has 0 aliphatic carbocycles. The highest BCUT2D eigenvalue weighted by atomic mass is 79.9. The SMILES string of the molecule is Oc1cccc(C2CCNCC2)c1Br. The highest BCUT2D eigenvalue weighted by Gasteiger charge is 2.18. The largest absolute Gasteiger partial charge is 0.507 e. The first kappa shape index (κ1) is 9.99. The third kappa shape index (κ3) is 1.93. The van der Waals surface area contributed by atoms with E-state index in [1.54, 1.807) is 6.07 Å². The van der Waals surface area contributed by atoms with Gasteiger partial charge in [-0.15, -0.1) is 0 Å². The van der Waals surface area contributed by atoms with Crippen molar-refractivity contribution in [3.05, 3.63) is 28.2 Å². The van der Waals surface area contributed by atoms with E-state index >= 15 is 0 Å². The van der Waals surface area contributed by atoms with Gasteiger partial charge in [0.15, 0.2) is 0 Å². The molecule has 0 spiro atoms. The molecule has 0 saturated carbocycles. The van der Waals surface area contributed by atoms with Crippen molar-refractivity contribution in [2.75, 3.05) is 13.1 Å². The molecule has 0 atom stereocenters. The summed E-state index contributed by atoms with van der Waals surface area (Å²) in [7, 11) is 0. The number of halogens is 1. The van der Waals surface area contributed by atoms with Gasteiger partial charge >= 0.3 is 0 Å². The molecule has 2 nitrogen and oxygen atoms in total. The number of aromatic hydroxyl groups is 1. The Labute approximate surface area is 92.5 Å². The fourth-order valence-corrected chi connectivity index (χ4v) is 2.57. The molecule has 1 aromatic carbocycles. The van der Waals surface area contributed by atoms with Gasteiger partial charge in [0.25, 0.3) is 0 Å². The van der Waals surface area contributed by atoms with Crippen LogP contribution >= 0.6 is 15.9 Å². The van der Waals surface area contributed by atoms with E-state index in [0.717, 1.165) is 30.4 Å². The van der Waals surface area contributed by atoms with Crippen molar-refractivity contribution in [2.24, 2.45) is 0 Å². The van der Waals surface area contributed by atoms with E-state index < -0.39 is 0 Å². The fraction of sp³-hybridized carbons (Fsp3) is 0.455. The standard InChI is InChI=1S/C11H14BrNO/c12-11-9(2-1-3-10(11)14)8-4-6-13-7-5-8/h1-3,8,13-14H,4-7H2. The maximum absolute atomic E-state index is 9.57. The zero-order chi connectivity index (χ0) is 9.97. The normalized spacial score (nSPS) is 18.4. The van der Waals surface area contributed by atoms with Gasteiger partial charge in [0.1, 0.15) is 5.75 Å². The predicted molar refractivity (Wildman–Crippen MR) is 60.7 cm³/mol. The van der Waals surface area contributed by atoms with Crippen LogP contribution in [0, 0.1) is 0 Å². The van der Waals surface area contributed by atoms with E-state index in [0.29, 0.717) is 11.7 Å². The molecule has 2 N–H and O–H groups in total. The minimum absolute atomic E-state index is 0.348. The Morgan fingerprint density at radius 1 is 1.29 bits per heavy atom. The van der Waals surface area contributed by atoms with Crippen molar-refractivity contribution < 1.29 is 5.11 Å². The van der Waals surface area contributed by atoms with Crippen LogP contribution in [0.5, 0.6) is 5.75 Å². The van der Waals surface area contributed by atoms with Gasteiger partial charge < -0.3 is 10.4 Å². The van der Waals surface area contributed by atoms with Gasteiger partial charge in [0, 0.05) is 0 Å². The summed E-state index contributed by atoms with van der Waals surface area (Å²) >= 11 is 3.45. The summed E-state index contributed by atoms with van der Waals surface area (Å²) in [6, 6.07) is 5.73. The minimum Gasteiger partial charge on any atom is -0.507 e. The molecule has 0 amide bonds. The van der Waals surface area contributed by atoms with Crippen LogP contribution in [0.1, 0.15) is 24.3 Å². The topological polar surface area (TPSA) is 32.3 Å². The predicted octanol–water partition coefficient (Wildman–Crippen LogP) is 2.62. The highest BCUT2D eigenvalue weighted by molar-refractivity contribution is 9.10. The molecule has 1 aromatic rings. The molecular formula is C11H14BrNO. The van der Waals surface area contributed by atoms with Crippen molar-refractivity contribution in [3.63, 3.8) is 0 Å². The Morgan fingerprint density at radius 3 is 2.71 bits per heavy atom. The first-order chi connectivity index (χ1) is 6.79. The number of hydrogen-bond acceptors (Lipinski definition) is 2. The second kappa shape index (κ2) is 4.32. The van der Waals surface area contributed by atoms with Crippen LogP contribution in [0.4, 0.5) is 0 Å². The van der Waals surface area contributed by atoms with Crippen molar-refractivity contribution in [1.29, 1.82) is 0 Å². The molecule has 1 saturated heterocycles. The maximum Gasteiger partial charge on any atom is 0.130 e. The molecule has 76 valence electrons. The summed E-state index contributed by atoms with van der Waals surface area (Å²) in [5.74, 6) is 0.929. The quantitative estimate of drug-likeness (QED) is 0.809. The third-order valence-corrected chi connectivity index (χ3v) is 3.65. The Hall–Kier alpha value is -0.540. The van der Waals surface area contributed by atoms with E-state index in [9.17, 15) is 5.11 Å². The molecule has 0 radical (unpaired) electrons. The molecule has 14 heavy (non-hydrogen) atoms. The van der Waals surface area contributed by atoms with Gasteiger partial charge in [0.05, 0.1) is 4.47 Å². The summed E-state index contributed by atoms with van der Waals surface area (Å²) in [5, 5.41) is 12.9. The molecule has 1 aliphatic heterocycles. The number of phenolic OH excluding ortho intramolecular Hbond substituents is 1. The lowest BCUT2D eigenvalue weighted by molar-refractivity contribution is 0.448. The number of phenols is 1. The second-order valence-corrected chi connectivity index (χ2v) is 4.50. The zero-order valence-electron chi connectivity index (χ0n) is 7.96. The van der Waals surface area contributed by atoms with Crippen LogP contribution < -0.4 is 5.32 Å². The summed E-state index contributed by atoms with van der Waals surface area (Å²) in [6.07, 6.45) is 2.31. The number of rotatable bonds is 1. The molecule has 1 aliphatic rings. The van der Waals surface area contributed by atoms with Crippen LogP contribution in [0.25, 0.3) is 0 Å². The summed E-state index contributed by atoms with van der Waals surface area (Å²) in [6.45, 7) is 2.15.